The average Bonchev–Trinajstić information content (AvgIpc) is 2.55. The van der Waals surface area contributed by atoms with Gasteiger partial charge in [0.1, 0.15) is 0 Å². The molecule has 1 aromatic heterocycles. The number of rotatable bonds is 1. The predicted octanol–water partition coefficient (Wildman–Crippen LogP) is 4.15. The largest absolute Gasteiger partial charge is 0.265 e. The van der Waals surface area contributed by atoms with Gasteiger partial charge in [-0.3, -0.25) is 4.98 Å². The smallest absolute Gasteiger partial charge is 0.0280 e. The SMILES string of the molecule is C(#Cc1cccc(-c2ccccc2)c1)c1ccncc1. The van der Waals surface area contributed by atoms with Crippen LogP contribution < -0.4 is 0 Å². The third kappa shape index (κ3) is 2.93. The molecular formula is C19H13N. The van der Waals surface area contributed by atoms with E-state index in [1.807, 2.05) is 42.5 Å². The molecule has 0 saturated carbocycles. The number of benzene rings is 2. The van der Waals surface area contributed by atoms with Crippen LogP contribution in [0, 0.1) is 11.8 Å². The molecule has 0 aliphatic heterocycles. The monoisotopic (exact) mass is 255 g/mol. The lowest BCUT2D eigenvalue weighted by Crippen LogP contribution is -1.80. The Morgan fingerprint density at radius 3 is 2.10 bits per heavy atom. The van der Waals surface area contributed by atoms with Crippen molar-refractivity contribution in [1.29, 1.82) is 0 Å². The van der Waals surface area contributed by atoms with Gasteiger partial charge in [-0.05, 0) is 35.4 Å². The maximum absolute atomic E-state index is 3.99. The highest BCUT2D eigenvalue weighted by atomic mass is 14.6. The van der Waals surface area contributed by atoms with Crippen molar-refractivity contribution in [2.45, 2.75) is 0 Å². The predicted molar refractivity (Wildman–Crippen MR) is 82.1 cm³/mol. The second kappa shape index (κ2) is 5.86. The summed E-state index contributed by atoms with van der Waals surface area (Å²) in [6.45, 7) is 0. The fourth-order valence-electron chi connectivity index (χ4n) is 1.99. The first-order valence-corrected chi connectivity index (χ1v) is 6.49. The van der Waals surface area contributed by atoms with Crippen molar-refractivity contribution in [3.05, 3.63) is 90.3 Å². The molecule has 0 atom stereocenters. The zero-order valence-electron chi connectivity index (χ0n) is 11.0. The fourth-order valence-corrected chi connectivity index (χ4v) is 1.99. The van der Waals surface area contributed by atoms with Crippen LogP contribution in [0.15, 0.2) is 79.1 Å². The quantitative estimate of drug-likeness (QED) is 0.595. The summed E-state index contributed by atoms with van der Waals surface area (Å²) in [4.78, 5) is 3.99. The highest BCUT2D eigenvalue weighted by Gasteiger charge is 1.96. The number of hydrogen-bond acceptors (Lipinski definition) is 1. The van der Waals surface area contributed by atoms with Crippen LogP contribution >= 0.6 is 0 Å². The van der Waals surface area contributed by atoms with Gasteiger partial charge in [0.15, 0.2) is 0 Å². The molecule has 0 aliphatic rings. The summed E-state index contributed by atoms with van der Waals surface area (Å²) in [5.74, 6) is 6.34. The topological polar surface area (TPSA) is 12.9 Å². The van der Waals surface area contributed by atoms with Crippen LogP contribution in [0.1, 0.15) is 11.1 Å². The van der Waals surface area contributed by atoms with Crippen molar-refractivity contribution >= 4 is 0 Å². The van der Waals surface area contributed by atoms with E-state index in [1.165, 1.54) is 11.1 Å². The summed E-state index contributed by atoms with van der Waals surface area (Å²) in [7, 11) is 0. The van der Waals surface area contributed by atoms with Gasteiger partial charge in [-0.1, -0.05) is 54.3 Å². The van der Waals surface area contributed by atoms with Crippen LogP contribution in [0.5, 0.6) is 0 Å². The Kier molecular flexibility index (Phi) is 3.57. The Hall–Kier alpha value is -2.85. The minimum absolute atomic E-state index is 0.977. The highest BCUT2D eigenvalue weighted by molar-refractivity contribution is 5.65. The minimum Gasteiger partial charge on any atom is -0.265 e. The van der Waals surface area contributed by atoms with Gasteiger partial charge in [0.05, 0.1) is 0 Å². The molecule has 0 N–H and O–H groups in total. The summed E-state index contributed by atoms with van der Waals surface area (Å²) in [5.41, 5.74) is 4.39. The fraction of sp³-hybridized carbons (Fsp3) is 0. The van der Waals surface area contributed by atoms with Gasteiger partial charge in [-0.2, -0.15) is 0 Å². The normalized spacial score (nSPS) is 9.60. The molecule has 3 rings (SSSR count). The molecule has 0 radical (unpaired) electrons. The summed E-state index contributed by atoms with van der Waals surface area (Å²) in [6.07, 6.45) is 3.51. The van der Waals surface area contributed by atoms with Crippen molar-refractivity contribution < 1.29 is 0 Å². The first-order chi connectivity index (χ1) is 9.92. The Bertz CT molecular complexity index is 750. The van der Waals surface area contributed by atoms with Crippen LogP contribution in [0.25, 0.3) is 11.1 Å². The first kappa shape index (κ1) is 12.2. The Morgan fingerprint density at radius 2 is 1.30 bits per heavy atom. The van der Waals surface area contributed by atoms with Crippen LogP contribution in [-0.4, -0.2) is 4.98 Å². The van der Waals surface area contributed by atoms with E-state index in [0.29, 0.717) is 0 Å². The van der Waals surface area contributed by atoms with E-state index in [2.05, 4.69) is 41.1 Å². The molecule has 0 saturated heterocycles. The molecule has 0 unspecified atom stereocenters. The van der Waals surface area contributed by atoms with Gasteiger partial charge in [0.25, 0.3) is 0 Å². The summed E-state index contributed by atoms with van der Waals surface area (Å²) in [6, 6.07) is 22.4. The van der Waals surface area contributed by atoms with E-state index in [-0.39, 0.29) is 0 Å². The Morgan fingerprint density at radius 1 is 0.600 bits per heavy atom. The summed E-state index contributed by atoms with van der Waals surface area (Å²) >= 11 is 0. The minimum atomic E-state index is 0.977. The first-order valence-electron chi connectivity index (χ1n) is 6.49. The van der Waals surface area contributed by atoms with Crippen molar-refractivity contribution in [3.8, 4) is 23.0 Å². The Balaban J connectivity index is 1.91. The second-order valence-corrected chi connectivity index (χ2v) is 4.43. The number of hydrogen-bond donors (Lipinski definition) is 0. The third-order valence-corrected chi connectivity index (χ3v) is 3.00. The van der Waals surface area contributed by atoms with Crippen LogP contribution in [-0.2, 0) is 0 Å². The molecule has 0 aliphatic carbocycles. The van der Waals surface area contributed by atoms with Gasteiger partial charge in [-0.15, -0.1) is 0 Å². The molecule has 1 heterocycles. The molecule has 0 bridgehead atoms. The van der Waals surface area contributed by atoms with Gasteiger partial charge < -0.3 is 0 Å². The number of aromatic nitrogens is 1. The van der Waals surface area contributed by atoms with Crippen LogP contribution in [0.2, 0.25) is 0 Å². The molecule has 0 spiro atoms. The zero-order chi connectivity index (χ0) is 13.6. The molecule has 94 valence electrons. The van der Waals surface area contributed by atoms with E-state index in [4.69, 9.17) is 0 Å². The van der Waals surface area contributed by atoms with E-state index in [0.717, 1.165) is 11.1 Å². The molecule has 1 nitrogen and oxygen atoms in total. The van der Waals surface area contributed by atoms with Crippen molar-refractivity contribution in [2.75, 3.05) is 0 Å². The zero-order valence-corrected chi connectivity index (χ0v) is 11.0. The summed E-state index contributed by atoms with van der Waals surface area (Å²) < 4.78 is 0. The van der Waals surface area contributed by atoms with Crippen LogP contribution in [0.3, 0.4) is 0 Å². The lowest BCUT2D eigenvalue weighted by molar-refractivity contribution is 1.32. The number of nitrogens with zero attached hydrogens (tertiary/aromatic N) is 1. The lowest BCUT2D eigenvalue weighted by atomic mass is 10.0. The van der Waals surface area contributed by atoms with Crippen molar-refractivity contribution in [3.63, 3.8) is 0 Å². The molecule has 3 aromatic rings. The average molecular weight is 255 g/mol. The molecule has 0 fully saturated rings. The van der Waals surface area contributed by atoms with Gasteiger partial charge in [0, 0.05) is 23.5 Å². The van der Waals surface area contributed by atoms with Crippen molar-refractivity contribution in [2.24, 2.45) is 0 Å². The maximum Gasteiger partial charge on any atom is 0.0280 e. The molecule has 2 aromatic carbocycles. The van der Waals surface area contributed by atoms with Crippen LogP contribution in [0.4, 0.5) is 0 Å². The third-order valence-electron chi connectivity index (χ3n) is 3.00. The second-order valence-electron chi connectivity index (χ2n) is 4.43. The van der Waals surface area contributed by atoms with Crippen molar-refractivity contribution in [1.82, 2.24) is 4.98 Å². The highest BCUT2D eigenvalue weighted by Crippen LogP contribution is 2.19. The van der Waals surface area contributed by atoms with E-state index >= 15 is 0 Å². The molecule has 20 heavy (non-hydrogen) atoms. The Labute approximate surface area is 118 Å². The van der Waals surface area contributed by atoms with E-state index in [1.54, 1.807) is 12.4 Å². The standard InChI is InChI=1S/C19H13N/c1-2-6-18(7-3-1)19-8-4-5-17(15-19)10-9-16-11-13-20-14-12-16/h1-8,11-15H. The molecule has 0 amide bonds. The van der Waals surface area contributed by atoms with E-state index < -0.39 is 0 Å². The molecule has 1 heteroatoms. The van der Waals surface area contributed by atoms with E-state index in [9.17, 15) is 0 Å². The lowest BCUT2D eigenvalue weighted by Gasteiger charge is -2.01. The van der Waals surface area contributed by atoms with Gasteiger partial charge in [-0.25, -0.2) is 0 Å². The van der Waals surface area contributed by atoms with Gasteiger partial charge >= 0.3 is 0 Å². The molecular weight excluding hydrogens is 242 g/mol. The van der Waals surface area contributed by atoms with Gasteiger partial charge in [0.2, 0.25) is 0 Å². The maximum atomic E-state index is 3.99. The number of pyridine rings is 1. The summed E-state index contributed by atoms with van der Waals surface area (Å²) in [5, 5.41) is 0.